The zero-order valence-electron chi connectivity index (χ0n) is 21.8. The van der Waals surface area contributed by atoms with E-state index >= 15 is 0 Å². The molecule has 0 aliphatic carbocycles. The summed E-state index contributed by atoms with van der Waals surface area (Å²) < 4.78 is 35.4. The van der Waals surface area contributed by atoms with Crippen LogP contribution in [0.25, 0.3) is 16.0 Å². The van der Waals surface area contributed by atoms with Gasteiger partial charge in [0.1, 0.15) is 27.8 Å². The summed E-state index contributed by atoms with van der Waals surface area (Å²) in [5, 5.41) is 5.25. The molecule has 13 heteroatoms. The smallest absolute Gasteiger partial charge is 0.323 e. The summed E-state index contributed by atoms with van der Waals surface area (Å²) in [6, 6.07) is 13.2. The highest BCUT2D eigenvalue weighted by molar-refractivity contribution is 7.16. The quantitative estimate of drug-likeness (QED) is 0.259. The topological polar surface area (TPSA) is 118 Å². The number of benzene rings is 2. The fourth-order valence-electron chi connectivity index (χ4n) is 4.55. The highest BCUT2D eigenvalue weighted by atomic mass is 32.1. The van der Waals surface area contributed by atoms with Gasteiger partial charge in [-0.05, 0) is 61.4 Å². The minimum Gasteiger partial charge on any atom is -0.454 e. The Morgan fingerprint density at radius 3 is 2.48 bits per heavy atom. The number of aromatic nitrogens is 3. The van der Waals surface area contributed by atoms with Crippen molar-refractivity contribution in [2.75, 3.05) is 23.7 Å². The Hall–Kier alpha value is -5.17. The molecule has 1 aliphatic rings. The Morgan fingerprint density at radius 1 is 0.929 bits per heavy atom. The number of carbonyl (C=O) groups is 2. The Labute approximate surface area is 241 Å². The number of rotatable bonds is 6. The van der Waals surface area contributed by atoms with Crippen molar-refractivity contribution in [1.29, 1.82) is 0 Å². The molecule has 0 radical (unpaired) electrons. The third-order valence-corrected chi connectivity index (χ3v) is 7.43. The van der Waals surface area contributed by atoms with E-state index in [0.29, 0.717) is 29.1 Å². The number of anilines is 2. The molecule has 3 aromatic heterocycles. The van der Waals surface area contributed by atoms with Crippen molar-refractivity contribution in [3.8, 4) is 17.2 Å². The van der Waals surface area contributed by atoms with Crippen LogP contribution >= 0.6 is 11.3 Å². The highest BCUT2D eigenvalue weighted by Gasteiger charge is 2.20. The van der Waals surface area contributed by atoms with Gasteiger partial charge in [0.2, 0.25) is 0 Å². The average Bonchev–Trinajstić information content (AvgIpc) is 3.68. The molecule has 1 fully saturated rings. The first kappa shape index (κ1) is 27.0. The largest absolute Gasteiger partial charge is 0.454 e. The van der Waals surface area contributed by atoms with Crippen molar-refractivity contribution in [2.24, 2.45) is 0 Å². The van der Waals surface area contributed by atoms with Crippen molar-refractivity contribution in [1.82, 2.24) is 19.4 Å². The maximum atomic E-state index is 15.0. The fourth-order valence-corrected chi connectivity index (χ4v) is 5.34. The van der Waals surface area contributed by atoms with E-state index in [0.717, 1.165) is 18.9 Å². The molecule has 0 unspecified atom stereocenters. The molecule has 5 aromatic rings. The minimum absolute atomic E-state index is 0.0873. The van der Waals surface area contributed by atoms with Crippen LogP contribution in [0.2, 0.25) is 0 Å². The number of nitrogens with one attached hydrogen (secondary N) is 2. The molecule has 0 atom stereocenters. The molecule has 6 rings (SSSR count). The third-order valence-electron chi connectivity index (χ3n) is 6.60. The summed E-state index contributed by atoms with van der Waals surface area (Å²) in [6.45, 7) is 1.36. The van der Waals surface area contributed by atoms with Crippen LogP contribution in [-0.2, 0) is 0 Å². The second-order valence-electron chi connectivity index (χ2n) is 9.42. The summed E-state index contributed by atoms with van der Waals surface area (Å²) >= 11 is 1.20. The molecule has 1 saturated heterocycles. The molecule has 42 heavy (non-hydrogen) atoms. The maximum Gasteiger partial charge on any atom is 0.323 e. The average molecular weight is 589 g/mol. The number of fused-ring (bicyclic) bond motifs is 1. The molecule has 2 aromatic carbocycles. The zero-order valence-corrected chi connectivity index (χ0v) is 22.7. The molecule has 2 N–H and O–H groups in total. The van der Waals surface area contributed by atoms with Crippen molar-refractivity contribution in [3.63, 3.8) is 0 Å². The van der Waals surface area contributed by atoms with Crippen LogP contribution in [0.5, 0.6) is 11.5 Å². The van der Waals surface area contributed by atoms with Crippen LogP contribution in [0.1, 0.15) is 23.2 Å². The molecule has 1 aliphatic heterocycles. The molecule has 0 bridgehead atoms. The Balaban J connectivity index is 1.19. The highest BCUT2D eigenvalue weighted by Crippen LogP contribution is 2.28. The van der Waals surface area contributed by atoms with Crippen LogP contribution in [0.15, 0.2) is 77.2 Å². The van der Waals surface area contributed by atoms with E-state index in [-0.39, 0.29) is 34.6 Å². The van der Waals surface area contributed by atoms with E-state index in [2.05, 4.69) is 20.6 Å². The molecule has 212 valence electrons. The SMILES string of the molecule is O=C(Nc1ccc(Oc2ccnc(NC(=O)N3CCCC3)c2)c(F)c1)c1cc2ncsc2n(-c2ccc(F)cc2)c1=O. The summed E-state index contributed by atoms with van der Waals surface area (Å²) in [5.74, 6) is -1.63. The second kappa shape index (κ2) is 11.4. The number of hydrogen-bond acceptors (Lipinski definition) is 7. The van der Waals surface area contributed by atoms with Crippen LogP contribution in [0.3, 0.4) is 0 Å². The van der Waals surface area contributed by atoms with Crippen LogP contribution in [0, 0.1) is 11.6 Å². The number of hydrogen-bond donors (Lipinski definition) is 2. The minimum atomic E-state index is -0.772. The van der Waals surface area contributed by atoms with Gasteiger partial charge in [-0.25, -0.2) is 23.5 Å². The molecule has 10 nitrogen and oxygen atoms in total. The van der Waals surface area contributed by atoms with Gasteiger partial charge in [-0.1, -0.05) is 0 Å². The van der Waals surface area contributed by atoms with Crippen LogP contribution in [0.4, 0.5) is 25.1 Å². The first-order valence-corrected chi connectivity index (χ1v) is 13.8. The third kappa shape index (κ3) is 5.54. The number of likely N-dealkylation sites (tertiary alicyclic amines) is 1. The van der Waals surface area contributed by atoms with E-state index in [9.17, 15) is 23.2 Å². The van der Waals surface area contributed by atoms with E-state index in [1.807, 2.05) is 0 Å². The Kier molecular flexibility index (Phi) is 7.32. The van der Waals surface area contributed by atoms with Gasteiger partial charge in [0.15, 0.2) is 11.6 Å². The molecule has 3 amide bonds. The number of urea groups is 1. The van der Waals surface area contributed by atoms with E-state index < -0.39 is 23.1 Å². The van der Waals surface area contributed by atoms with Gasteiger partial charge in [-0.2, -0.15) is 0 Å². The molecular formula is C29H22F2N6O4S. The van der Waals surface area contributed by atoms with E-state index in [4.69, 9.17) is 4.74 Å². The van der Waals surface area contributed by atoms with Gasteiger partial charge in [-0.3, -0.25) is 19.5 Å². The van der Waals surface area contributed by atoms with Crippen LogP contribution in [-0.4, -0.2) is 44.5 Å². The standard InChI is InChI=1S/C29H22F2N6O4S/c30-17-3-6-19(7-4-17)37-27(39)21(15-23-28(37)42-16-33-23)26(38)34-18-5-8-24(22(31)13-18)41-20-9-10-32-25(14-20)35-29(40)36-11-1-2-12-36/h3-10,13-16H,1-2,11-12H2,(H,34,38)(H,32,35,40). The van der Waals surface area contributed by atoms with Crippen molar-refractivity contribution in [3.05, 3.63) is 99.9 Å². The maximum absolute atomic E-state index is 15.0. The lowest BCUT2D eigenvalue weighted by Gasteiger charge is -2.16. The second-order valence-corrected chi connectivity index (χ2v) is 10.3. The first-order chi connectivity index (χ1) is 20.4. The Morgan fingerprint density at radius 2 is 1.71 bits per heavy atom. The number of amides is 3. The number of carbonyl (C=O) groups excluding carboxylic acids is 2. The summed E-state index contributed by atoms with van der Waals surface area (Å²) in [7, 11) is 0. The lowest BCUT2D eigenvalue weighted by atomic mass is 10.2. The molecular weight excluding hydrogens is 566 g/mol. The van der Waals surface area contributed by atoms with Gasteiger partial charge >= 0.3 is 6.03 Å². The van der Waals surface area contributed by atoms with Gasteiger partial charge in [0, 0.05) is 37.1 Å². The number of nitrogens with zero attached hydrogens (tertiary/aromatic N) is 4. The van der Waals surface area contributed by atoms with Gasteiger partial charge in [0.25, 0.3) is 11.5 Å². The summed E-state index contributed by atoms with van der Waals surface area (Å²) in [5.41, 5.74) is 1.53. The summed E-state index contributed by atoms with van der Waals surface area (Å²) in [6.07, 6.45) is 3.34. The van der Waals surface area contributed by atoms with Crippen molar-refractivity contribution < 1.29 is 23.1 Å². The Bertz CT molecular complexity index is 1870. The summed E-state index contributed by atoms with van der Waals surface area (Å²) in [4.78, 5) is 49.3. The predicted molar refractivity (Wildman–Crippen MR) is 154 cm³/mol. The number of pyridine rings is 2. The lowest BCUT2D eigenvalue weighted by molar-refractivity contribution is 0.102. The normalized spacial score (nSPS) is 12.9. The van der Waals surface area contributed by atoms with Crippen molar-refractivity contribution >= 4 is 45.1 Å². The van der Waals surface area contributed by atoms with Gasteiger partial charge < -0.3 is 15.0 Å². The number of ether oxygens (including phenoxy) is 1. The van der Waals surface area contributed by atoms with E-state index in [1.165, 1.54) is 82.2 Å². The number of thiazole rings is 1. The predicted octanol–water partition coefficient (Wildman–Crippen LogP) is 5.79. The molecule has 4 heterocycles. The van der Waals surface area contributed by atoms with Crippen LogP contribution < -0.4 is 20.9 Å². The first-order valence-electron chi connectivity index (χ1n) is 12.9. The fraction of sp³-hybridized carbons (Fsp3) is 0.138. The monoisotopic (exact) mass is 588 g/mol. The lowest BCUT2D eigenvalue weighted by Crippen LogP contribution is -2.32. The van der Waals surface area contributed by atoms with Crippen molar-refractivity contribution in [2.45, 2.75) is 12.8 Å². The van der Waals surface area contributed by atoms with Gasteiger partial charge in [-0.15, -0.1) is 11.3 Å². The van der Waals surface area contributed by atoms with E-state index in [1.54, 1.807) is 4.90 Å². The number of halogens is 2. The molecule has 0 spiro atoms. The zero-order chi connectivity index (χ0) is 29.2. The molecule has 0 saturated carbocycles. The van der Waals surface area contributed by atoms with Gasteiger partial charge in [0.05, 0.1) is 16.7 Å².